The van der Waals surface area contributed by atoms with Crippen molar-refractivity contribution in [2.75, 3.05) is 26.2 Å². The van der Waals surface area contributed by atoms with Crippen LogP contribution in [0.25, 0.3) is 16.9 Å². The number of nitrogens with one attached hydrogen (secondary N) is 2. The SMILES string of the molecule is Cn1cnc(-c2ccccc2)c1C1CCN(C(=O)NCCNC(=O)c2cn(-c3ccccc3)nc2C(F)(F)F)CC1. The third-order valence-corrected chi connectivity index (χ3v) is 7.13. The van der Waals surface area contributed by atoms with Crippen molar-refractivity contribution < 1.29 is 22.8 Å². The number of nitrogens with zero attached hydrogens (tertiary/aromatic N) is 5. The van der Waals surface area contributed by atoms with Crippen LogP contribution in [0.4, 0.5) is 18.0 Å². The summed E-state index contributed by atoms with van der Waals surface area (Å²) in [6, 6.07) is 18.0. The molecule has 3 amide bonds. The number of para-hydroxylation sites is 1. The van der Waals surface area contributed by atoms with Gasteiger partial charge >= 0.3 is 12.2 Å². The summed E-state index contributed by atoms with van der Waals surface area (Å²) in [6.45, 7) is 1.13. The lowest BCUT2D eigenvalue weighted by molar-refractivity contribution is -0.141. The monoisotopic (exact) mass is 565 g/mol. The molecule has 2 aromatic carbocycles. The second-order valence-electron chi connectivity index (χ2n) is 9.87. The van der Waals surface area contributed by atoms with Crippen molar-refractivity contribution in [3.05, 3.63) is 90.1 Å². The first-order valence-electron chi connectivity index (χ1n) is 13.3. The van der Waals surface area contributed by atoms with Crippen LogP contribution in [0.3, 0.4) is 0 Å². The standard InChI is InChI=1S/C29H30F3N7O2/c1-37-19-35-24(20-8-4-2-5-9-20)25(37)21-12-16-38(17-13-21)28(41)34-15-14-33-27(40)23-18-39(22-10-6-3-7-11-22)36-26(23)29(30,31)32/h2-11,18-19,21H,12-17H2,1H3,(H,33,40)(H,34,41). The highest BCUT2D eigenvalue weighted by Gasteiger charge is 2.39. The van der Waals surface area contributed by atoms with Gasteiger partial charge in [0.25, 0.3) is 5.91 Å². The van der Waals surface area contributed by atoms with Gasteiger partial charge in [-0.2, -0.15) is 18.3 Å². The lowest BCUT2D eigenvalue weighted by atomic mass is 9.90. The van der Waals surface area contributed by atoms with Crippen molar-refractivity contribution in [1.29, 1.82) is 0 Å². The molecular formula is C29H30F3N7O2. The van der Waals surface area contributed by atoms with E-state index in [1.54, 1.807) is 35.2 Å². The number of hydrogen-bond acceptors (Lipinski definition) is 4. The van der Waals surface area contributed by atoms with Gasteiger partial charge in [-0.3, -0.25) is 4.79 Å². The molecule has 0 unspecified atom stereocenters. The number of benzene rings is 2. The molecule has 5 rings (SSSR count). The van der Waals surface area contributed by atoms with E-state index in [4.69, 9.17) is 0 Å². The number of urea groups is 1. The Morgan fingerprint density at radius 1 is 0.951 bits per heavy atom. The molecule has 4 aromatic rings. The summed E-state index contributed by atoms with van der Waals surface area (Å²) in [5.41, 5.74) is 1.70. The average Bonchev–Trinajstić information content (AvgIpc) is 3.61. The zero-order valence-electron chi connectivity index (χ0n) is 22.4. The molecule has 2 N–H and O–H groups in total. The van der Waals surface area contributed by atoms with Gasteiger partial charge in [0.1, 0.15) is 0 Å². The highest BCUT2D eigenvalue weighted by Crippen LogP contribution is 2.34. The number of amides is 3. The van der Waals surface area contributed by atoms with Gasteiger partial charge < -0.3 is 20.1 Å². The number of carbonyl (C=O) groups is 2. The number of aromatic nitrogens is 4. The minimum Gasteiger partial charge on any atom is -0.350 e. The minimum atomic E-state index is -4.80. The second kappa shape index (κ2) is 11.9. The molecule has 41 heavy (non-hydrogen) atoms. The van der Waals surface area contributed by atoms with Gasteiger partial charge in [0.15, 0.2) is 5.69 Å². The summed E-state index contributed by atoms with van der Waals surface area (Å²) in [6.07, 6.45) is -0.383. The summed E-state index contributed by atoms with van der Waals surface area (Å²) in [4.78, 5) is 31.7. The number of hydrogen-bond donors (Lipinski definition) is 2. The largest absolute Gasteiger partial charge is 0.435 e. The van der Waals surface area contributed by atoms with Crippen LogP contribution < -0.4 is 10.6 Å². The number of aryl methyl sites for hydroxylation is 1. The van der Waals surface area contributed by atoms with Gasteiger partial charge in [-0.25, -0.2) is 14.5 Å². The summed E-state index contributed by atoms with van der Waals surface area (Å²) in [7, 11) is 1.98. The highest BCUT2D eigenvalue weighted by atomic mass is 19.4. The van der Waals surface area contributed by atoms with Crippen LogP contribution in [-0.2, 0) is 13.2 Å². The molecule has 3 heterocycles. The Kier molecular flexibility index (Phi) is 8.09. The van der Waals surface area contributed by atoms with Crippen molar-refractivity contribution in [3.63, 3.8) is 0 Å². The highest BCUT2D eigenvalue weighted by molar-refractivity contribution is 5.95. The molecule has 0 atom stereocenters. The van der Waals surface area contributed by atoms with Crippen molar-refractivity contribution in [1.82, 2.24) is 34.9 Å². The minimum absolute atomic E-state index is 0.0374. The van der Waals surface area contributed by atoms with Crippen LogP contribution in [0.5, 0.6) is 0 Å². The fourth-order valence-corrected chi connectivity index (χ4v) is 5.11. The number of alkyl halides is 3. The summed E-state index contributed by atoms with van der Waals surface area (Å²) >= 11 is 0. The average molecular weight is 566 g/mol. The molecule has 1 fully saturated rings. The summed E-state index contributed by atoms with van der Waals surface area (Å²) < 4.78 is 43.8. The van der Waals surface area contributed by atoms with E-state index in [1.807, 2.05) is 48.3 Å². The first kappa shape index (κ1) is 27.9. The maximum atomic E-state index is 13.6. The van der Waals surface area contributed by atoms with E-state index in [-0.39, 0.29) is 25.0 Å². The Balaban J connectivity index is 1.12. The van der Waals surface area contributed by atoms with Crippen LogP contribution in [0.15, 0.2) is 73.2 Å². The smallest absolute Gasteiger partial charge is 0.350 e. The molecule has 0 saturated carbocycles. The van der Waals surface area contributed by atoms with Crippen molar-refractivity contribution in [2.24, 2.45) is 7.05 Å². The molecule has 0 spiro atoms. The van der Waals surface area contributed by atoms with Gasteiger partial charge in [0.05, 0.1) is 23.3 Å². The van der Waals surface area contributed by atoms with E-state index in [0.29, 0.717) is 18.8 Å². The van der Waals surface area contributed by atoms with Gasteiger partial charge in [0.2, 0.25) is 0 Å². The zero-order valence-corrected chi connectivity index (χ0v) is 22.4. The molecule has 0 radical (unpaired) electrons. The molecule has 1 aliphatic heterocycles. The number of rotatable bonds is 7. The Hall–Kier alpha value is -4.61. The van der Waals surface area contributed by atoms with Crippen molar-refractivity contribution in [3.8, 4) is 16.9 Å². The molecule has 2 aromatic heterocycles. The third kappa shape index (κ3) is 6.26. The van der Waals surface area contributed by atoms with Crippen LogP contribution in [0, 0.1) is 0 Å². The Labute approximate surface area is 235 Å². The Morgan fingerprint density at radius 2 is 1.59 bits per heavy atom. The maximum Gasteiger partial charge on any atom is 0.435 e. The fraction of sp³-hybridized carbons (Fsp3) is 0.310. The Bertz CT molecular complexity index is 1490. The first-order chi connectivity index (χ1) is 19.7. The molecule has 9 nitrogen and oxygen atoms in total. The summed E-state index contributed by atoms with van der Waals surface area (Å²) in [5, 5.41) is 8.79. The van der Waals surface area contributed by atoms with Crippen LogP contribution >= 0.6 is 0 Å². The molecule has 214 valence electrons. The molecule has 1 aliphatic rings. The number of halogens is 3. The molecule has 1 saturated heterocycles. The van der Waals surface area contributed by atoms with E-state index in [0.717, 1.165) is 40.7 Å². The quantitative estimate of drug-likeness (QED) is 0.320. The normalized spacial score (nSPS) is 14.2. The Morgan fingerprint density at radius 3 is 2.24 bits per heavy atom. The molecule has 0 aliphatic carbocycles. The van der Waals surface area contributed by atoms with E-state index < -0.39 is 23.3 Å². The van der Waals surface area contributed by atoms with E-state index in [1.165, 1.54) is 0 Å². The molecule has 0 bridgehead atoms. The molecular weight excluding hydrogens is 535 g/mol. The number of piperidine rings is 1. The van der Waals surface area contributed by atoms with Crippen molar-refractivity contribution >= 4 is 11.9 Å². The lowest BCUT2D eigenvalue weighted by Gasteiger charge is -2.32. The van der Waals surface area contributed by atoms with E-state index in [9.17, 15) is 22.8 Å². The number of carbonyl (C=O) groups excluding carboxylic acids is 2. The maximum absolute atomic E-state index is 13.6. The summed E-state index contributed by atoms with van der Waals surface area (Å²) in [5.74, 6) is -0.666. The lowest BCUT2D eigenvalue weighted by Crippen LogP contribution is -2.46. The van der Waals surface area contributed by atoms with Crippen LogP contribution in [0.2, 0.25) is 0 Å². The fourth-order valence-electron chi connectivity index (χ4n) is 5.11. The first-order valence-corrected chi connectivity index (χ1v) is 13.3. The van der Waals surface area contributed by atoms with E-state index in [2.05, 4.69) is 20.7 Å². The predicted octanol–water partition coefficient (Wildman–Crippen LogP) is 4.61. The second-order valence-corrected chi connectivity index (χ2v) is 9.87. The van der Waals surface area contributed by atoms with E-state index >= 15 is 0 Å². The van der Waals surface area contributed by atoms with Crippen LogP contribution in [-0.4, -0.2) is 62.3 Å². The third-order valence-electron chi connectivity index (χ3n) is 7.13. The predicted molar refractivity (Wildman–Crippen MR) is 146 cm³/mol. The zero-order chi connectivity index (χ0) is 29.0. The van der Waals surface area contributed by atoms with Gasteiger partial charge in [-0.05, 0) is 25.0 Å². The topological polar surface area (TPSA) is 97.1 Å². The van der Waals surface area contributed by atoms with Crippen LogP contribution in [0.1, 0.15) is 40.5 Å². The number of imidazole rings is 1. The molecule has 12 heteroatoms. The van der Waals surface area contributed by atoms with Gasteiger partial charge in [0, 0.05) is 56.6 Å². The van der Waals surface area contributed by atoms with Gasteiger partial charge in [-0.15, -0.1) is 0 Å². The van der Waals surface area contributed by atoms with Gasteiger partial charge in [-0.1, -0.05) is 48.5 Å². The van der Waals surface area contributed by atoms with Crippen molar-refractivity contribution in [2.45, 2.75) is 24.9 Å². The number of likely N-dealkylation sites (tertiary alicyclic amines) is 1.